The van der Waals surface area contributed by atoms with Crippen LogP contribution in [0.2, 0.25) is 0 Å². The van der Waals surface area contributed by atoms with Gasteiger partial charge in [-0.25, -0.2) is 4.98 Å². The zero-order chi connectivity index (χ0) is 13.9. The van der Waals surface area contributed by atoms with Gasteiger partial charge in [0.15, 0.2) is 0 Å². The number of benzene rings is 1. The summed E-state index contributed by atoms with van der Waals surface area (Å²) < 4.78 is 2.24. The van der Waals surface area contributed by atoms with Crippen molar-refractivity contribution < 1.29 is 0 Å². The zero-order valence-electron chi connectivity index (χ0n) is 12.0. The molecule has 3 rings (SSSR count). The summed E-state index contributed by atoms with van der Waals surface area (Å²) in [6.07, 6.45) is 7.79. The summed E-state index contributed by atoms with van der Waals surface area (Å²) >= 11 is 0. The Morgan fingerprint density at radius 1 is 1.35 bits per heavy atom. The van der Waals surface area contributed by atoms with E-state index in [-0.39, 0.29) is 12.0 Å². The standard InChI is InChI=1S/C17H21N3/c1-2-5-13-8-9-14(11-18)17(10-13)20-12-19-15-6-3-4-7-16(15)20/h3-4,6-7,12-14,17H,2,5,8-10H2,1H3. The van der Waals surface area contributed by atoms with Crippen molar-refractivity contribution >= 4 is 11.0 Å². The average molecular weight is 267 g/mol. The minimum atomic E-state index is 0.126. The van der Waals surface area contributed by atoms with Gasteiger partial charge >= 0.3 is 0 Å². The van der Waals surface area contributed by atoms with E-state index in [1.807, 2.05) is 24.5 Å². The Bertz CT molecular complexity index is 622. The van der Waals surface area contributed by atoms with Crippen molar-refractivity contribution in [3.63, 3.8) is 0 Å². The van der Waals surface area contributed by atoms with Crippen LogP contribution in [0.15, 0.2) is 30.6 Å². The van der Waals surface area contributed by atoms with Crippen molar-refractivity contribution in [2.75, 3.05) is 0 Å². The van der Waals surface area contributed by atoms with Gasteiger partial charge in [0.05, 0.1) is 35.4 Å². The van der Waals surface area contributed by atoms with Gasteiger partial charge < -0.3 is 4.57 Å². The van der Waals surface area contributed by atoms with Crippen molar-refractivity contribution in [1.29, 1.82) is 5.26 Å². The Labute approximate surface area is 120 Å². The topological polar surface area (TPSA) is 41.6 Å². The first-order valence-electron chi connectivity index (χ1n) is 7.64. The Balaban J connectivity index is 1.94. The molecule has 1 aliphatic rings. The molecule has 1 saturated carbocycles. The van der Waals surface area contributed by atoms with Crippen LogP contribution in [0.1, 0.15) is 45.1 Å². The molecule has 1 aliphatic carbocycles. The fourth-order valence-electron chi connectivity index (χ4n) is 3.60. The molecule has 1 aromatic heterocycles. The molecule has 3 heteroatoms. The first-order chi connectivity index (χ1) is 9.83. The van der Waals surface area contributed by atoms with E-state index in [4.69, 9.17) is 0 Å². The minimum absolute atomic E-state index is 0.126. The number of rotatable bonds is 3. The van der Waals surface area contributed by atoms with Crippen LogP contribution in [-0.4, -0.2) is 9.55 Å². The largest absolute Gasteiger partial charge is 0.326 e. The number of fused-ring (bicyclic) bond motifs is 1. The fraction of sp³-hybridized carbons (Fsp3) is 0.529. The molecule has 0 bridgehead atoms. The van der Waals surface area contributed by atoms with E-state index in [1.54, 1.807) is 0 Å². The van der Waals surface area contributed by atoms with E-state index in [2.05, 4.69) is 28.6 Å². The molecule has 2 aromatic rings. The van der Waals surface area contributed by atoms with E-state index in [0.717, 1.165) is 29.8 Å². The Morgan fingerprint density at radius 3 is 3.00 bits per heavy atom. The highest BCUT2D eigenvalue weighted by molar-refractivity contribution is 5.75. The van der Waals surface area contributed by atoms with Crippen LogP contribution in [0.3, 0.4) is 0 Å². The third-order valence-electron chi connectivity index (χ3n) is 4.63. The van der Waals surface area contributed by atoms with Gasteiger partial charge in [-0.3, -0.25) is 0 Å². The number of para-hydroxylation sites is 2. The van der Waals surface area contributed by atoms with E-state index < -0.39 is 0 Å². The summed E-state index contributed by atoms with van der Waals surface area (Å²) in [4.78, 5) is 4.49. The molecule has 0 aliphatic heterocycles. The van der Waals surface area contributed by atoms with Crippen LogP contribution < -0.4 is 0 Å². The Hall–Kier alpha value is -1.82. The van der Waals surface area contributed by atoms with Gasteiger partial charge in [0.2, 0.25) is 0 Å². The van der Waals surface area contributed by atoms with Gasteiger partial charge in [0.25, 0.3) is 0 Å². The predicted molar refractivity (Wildman–Crippen MR) is 80.1 cm³/mol. The molecule has 0 saturated heterocycles. The van der Waals surface area contributed by atoms with E-state index >= 15 is 0 Å². The zero-order valence-corrected chi connectivity index (χ0v) is 12.0. The molecule has 104 valence electrons. The highest BCUT2D eigenvalue weighted by atomic mass is 15.1. The van der Waals surface area contributed by atoms with Crippen LogP contribution in [0.4, 0.5) is 0 Å². The third kappa shape index (κ3) is 2.31. The molecule has 3 unspecified atom stereocenters. The maximum atomic E-state index is 9.46. The number of hydrogen-bond acceptors (Lipinski definition) is 2. The summed E-state index contributed by atoms with van der Waals surface area (Å²) in [7, 11) is 0. The third-order valence-corrected chi connectivity index (χ3v) is 4.63. The van der Waals surface area contributed by atoms with Crippen molar-refractivity contribution in [3.05, 3.63) is 30.6 Å². The van der Waals surface area contributed by atoms with Gasteiger partial charge in [0.1, 0.15) is 0 Å². The summed E-state index contributed by atoms with van der Waals surface area (Å²) in [6.45, 7) is 2.25. The van der Waals surface area contributed by atoms with Crippen LogP contribution in [0.5, 0.6) is 0 Å². The predicted octanol–water partition coefficient (Wildman–Crippen LogP) is 4.32. The summed E-state index contributed by atoms with van der Waals surface area (Å²) in [6, 6.07) is 11.0. The van der Waals surface area contributed by atoms with Crippen LogP contribution >= 0.6 is 0 Å². The second kappa shape index (κ2) is 5.66. The normalized spacial score (nSPS) is 26.5. The molecule has 0 N–H and O–H groups in total. The number of nitrogens with zero attached hydrogens (tertiary/aromatic N) is 3. The lowest BCUT2D eigenvalue weighted by atomic mass is 9.77. The lowest BCUT2D eigenvalue weighted by Gasteiger charge is -2.33. The highest BCUT2D eigenvalue weighted by Gasteiger charge is 2.32. The van der Waals surface area contributed by atoms with E-state index in [0.29, 0.717) is 0 Å². The summed E-state index contributed by atoms with van der Waals surface area (Å²) in [5.74, 6) is 0.886. The molecule has 20 heavy (non-hydrogen) atoms. The first-order valence-corrected chi connectivity index (χ1v) is 7.64. The maximum Gasteiger partial charge on any atom is 0.0961 e. The van der Waals surface area contributed by atoms with E-state index in [9.17, 15) is 5.26 Å². The lowest BCUT2D eigenvalue weighted by molar-refractivity contribution is 0.214. The number of hydrogen-bond donors (Lipinski definition) is 0. The van der Waals surface area contributed by atoms with Gasteiger partial charge in [-0.2, -0.15) is 5.26 Å². The second-order valence-electron chi connectivity index (χ2n) is 5.91. The molecule has 0 amide bonds. The van der Waals surface area contributed by atoms with Crippen molar-refractivity contribution in [2.24, 2.45) is 11.8 Å². The molecular weight excluding hydrogens is 246 g/mol. The molecule has 1 aromatic carbocycles. The number of aromatic nitrogens is 2. The molecule has 0 spiro atoms. The molecule has 1 fully saturated rings. The lowest BCUT2D eigenvalue weighted by Crippen LogP contribution is -2.26. The molecule has 3 nitrogen and oxygen atoms in total. The second-order valence-corrected chi connectivity index (χ2v) is 5.91. The van der Waals surface area contributed by atoms with Gasteiger partial charge in [0, 0.05) is 0 Å². The average Bonchev–Trinajstić information content (AvgIpc) is 2.91. The molecule has 1 heterocycles. The summed E-state index contributed by atoms with van der Waals surface area (Å²) in [5, 5.41) is 9.46. The highest BCUT2D eigenvalue weighted by Crippen LogP contribution is 2.40. The smallest absolute Gasteiger partial charge is 0.0961 e. The first kappa shape index (κ1) is 13.2. The van der Waals surface area contributed by atoms with Gasteiger partial charge in [-0.05, 0) is 37.3 Å². The molecule has 0 radical (unpaired) electrons. The fourth-order valence-corrected chi connectivity index (χ4v) is 3.60. The maximum absolute atomic E-state index is 9.46. The van der Waals surface area contributed by atoms with Crippen LogP contribution in [0.25, 0.3) is 11.0 Å². The van der Waals surface area contributed by atoms with Crippen LogP contribution in [-0.2, 0) is 0 Å². The SMILES string of the molecule is CCCC1CCC(C#N)C(n2cnc3ccccc32)C1. The monoisotopic (exact) mass is 267 g/mol. The number of nitriles is 1. The minimum Gasteiger partial charge on any atom is -0.326 e. The quantitative estimate of drug-likeness (QED) is 0.831. The number of imidazole rings is 1. The van der Waals surface area contributed by atoms with Crippen molar-refractivity contribution in [1.82, 2.24) is 9.55 Å². The van der Waals surface area contributed by atoms with E-state index in [1.165, 1.54) is 19.3 Å². The molecule has 3 atom stereocenters. The Morgan fingerprint density at radius 2 is 2.20 bits per heavy atom. The van der Waals surface area contributed by atoms with Gasteiger partial charge in [-0.15, -0.1) is 0 Å². The molecular formula is C17H21N3. The van der Waals surface area contributed by atoms with Crippen molar-refractivity contribution in [2.45, 2.75) is 45.1 Å². The Kier molecular flexibility index (Phi) is 3.73. The van der Waals surface area contributed by atoms with Crippen LogP contribution in [0, 0.1) is 23.2 Å². The summed E-state index contributed by atoms with van der Waals surface area (Å²) in [5.41, 5.74) is 2.19. The van der Waals surface area contributed by atoms with Gasteiger partial charge in [-0.1, -0.05) is 31.9 Å². The van der Waals surface area contributed by atoms with Crippen molar-refractivity contribution in [3.8, 4) is 6.07 Å².